The van der Waals surface area contributed by atoms with E-state index in [4.69, 9.17) is 4.42 Å². The maximum absolute atomic E-state index is 12.0. The minimum Gasteiger partial charge on any atom is -0.478 e. The Bertz CT molecular complexity index is 1300. The average molecular weight is 401 g/mol. The molecule has 0 aromatic heterocycles. The maximum Gasteiger partial charge on any atom is 0.336 e. The molecule has 0 fully saturated rings. The molecular weight excluding hydrogens is 376 g/mol. The van der Waals surface area contributed by atoms with E-state index >= 15 is 0 Å². The van der Waals surface area contributed by atoms with Gasteiger partial charge in [0.05, 0.1) is 11.6 Å². The molecule has 2 aromatic rings. The Morgan fingerprint density at radius 1 is 1.03 bits per heavy atom. The van der Waals surface area contributed by atoms with E-state index in [1.54, 1.807) is 12.1 Å². The molecule has 4 rings (SSSR count). The summed E-state index contributed by atoms with van der Waals surface area (Å²) in [6, 6.07) is 19.3. The fourth-order valence-electron chi connectivity index (χ4n) is 3.74. The van der Waals surface area contributed by atoms with Crippen LogP contribution in [-0.4, -0.2) is 38.8 Å². The van der Waals surface area contributed by atoms with Gasteiger partial charge in [-0.3, -0.25) is 0 Å². The lowest BCUT2D eigenvalue weighted by molar-refractivity contribution is 0.0697. The van der Waals surface area contributed by atoms with Crippen molar-refractivity contribution in [3.8, 4) is 22.5 Å². The van der Waals surface area contributed by atoms with Gasteiger partial charge in [-0.1, -0.05) is 18.2 Å². The first-order chi connectivity index (χ1) is 14.4. The number of benzene rings is 3. The molecule has 0 bridgehead atoms. The van der Waals surface area contributed by atoms with Gasteiger partial charge in [0.1, 0.15) is 25.4 Å². The summed E-state index contributed by atoms with van der Waals surface area (Å²) in [5.41, 5.74) is 4.50. The second-order valence-electron chi connectivity index (χ2n) is 7.60. The molecule has 0 spiro atoms. The highest BCUT2D eigenvalue weighted by Crippen LogP contribution is 2.41. The van der Waals surface area contributed by atoms with Crippen LogP contribution >= 0.6 is 0 Å². The Hall–Kier alpha value is -3.60. The number of fused-ring (bicyclic) bond motifs is 2. The second kappa shape index (κ2) is 7.67. The third kappa shape index (κ3) is 3.32. The highest BCUT2D eigenvalue weighted by atomic mass is 16.4. The summed E-state index contributed by atoms with van der Waals surface area (Å²) in [6.07, 6.45) is 0. The van der Waals surface area contributed by atoms with Gasteiger partial charge in [0, 0.05) is 47.9 Å². The van der Waals surface area contributed by atoms with Crippen LogP contribution in [0.1, 0.15) is 17.3 Å². The number of anilines is 1. The minimum absolute atomic E-state index is 0.276. The van der Waals surface area contributed by atoms with Crippen LogP contribution in [0.25, 0.3) is 33.4 Å². The van der Waals surface area contributed by atoms with E-state index < -0.39 is 5.97 Å². The number of nitrogens with zero attached hydrogens (tertiary/aromatic N) is 2. The first-order valence-corrected chi connectivity index (χ1v) is 9.95. The molecule has 0 saturated carbocycles. The lowest BCUT2D eigenvalue weighted by Crippen LogP contribution is -2.21. The Balaban J connectivity index is 2.16. The third-order valence-electron chi connectivity index (χ3n) is 5.55. The molecule has 1 aliphatic carbocycles. The Kier molecular flexibility index (Phi) is 5.04. The summed E-state index contributed by atoms with van der Waals surface area (Å²) in [4.78, 5) is 14.1. The van der Waals surface area contributed by atoms with Crippen LogP contribution < -0.4 is 14.8 Å². The SMILES string of the molecule is CCN(C)c1ccc2c(-c3ccccc3C(=O)O)c3ccc(=[N+](C)C)cc-3oc2c1. The molecule has 1 N–H and O–H groups in total. The summed E-state index contributed by atoms with van der Waals surface area (Å²) >= 11 is 0. The zero-order valence-electron chi connectivity index (χ0n) is 17.6. The van der Waals surface area contributed by atoms with Crippen molar-refractivity contribution in [3.05, 3.63) is 71.6 Å². The van der Waals surface area contributed by atoms with Gasteiger partial charge in [0.2, 0.25) is 5.36 Å². The van der Waals surface area contributed by atoms with E-state index in [1.807, 2.05) is 74.2 Å². The monoisotopic (exact) mass is 401 g/mol. The molecule has 5 heteroatoms. The molecule has 0 saturated heterocycles. The summed E-state index contributed by atoms with van der Waals surface area (Å²) in [5.74, 6) is -0.222. The predicted molar refractivity (Wildman–Crippen MR) is 121 cm³/mol. The quantitative estimate of drug-likeness (QED) is 0.407. The largest absolute Gasteiger partial charge is 0.478 e. The van der Waals surface area contributed by atoms with E-state index in [1.165, 1.54) is 0 Å². The third-order valence-corrected chi connectivity index (χ3v) is 5.55. The van der Waals surface area contributed by atoms with Crippen molar-refractivity contribution >= 4 is 22.6 Å². The van der Waals surface area contributed by atoms with Crippen LogP contribution in [0.5, 0.6) is 0 Å². The zero-order chi connectivity index (χ0) is 21.4. The summed E-state index contributed by atoms with van der Waals surface area (Å²) < 4.78 is 8.35. The second-order valence-corrected chi connectivity index (χ2v) is 7.60. The maximum atomic E-state index is 12.0. The molecule has 2 aliphatic rings. The van der Waals surface area contributed by atoms with Crippen LogP contribution in [0.4, 0.5) is 5.69 Å². The fourth-order valence-corrected chi connectivity index (χ4v) is 3.74. The van der Waals surface area contributed by atoms with Gasteiger partial charge < -0.3 is 14.4 Å². The number of hydrogen-bond acceptors (Lipinski definition) is 3. The van der Waals surface area contributed by atoms with Crippen molar-refractivity contribution in [1.82, 2.24) is 4.58 Å². The van der Waals surface area contributed by atoms with E-state index in [0.717, 1.165) is 45.4 Å². The van der Waals surface area contributed by atoms with E-state index in [2.05, 4.69) is 11.8 Å². The molecule has 2 aromatic carbocycles. The van der Waals surface area contributed by atoms with Gasteiger partial charge in [-0.25, -0.2) is 9.37 Å². The molecule has 0 amide bonds. The van der Waals surface area contributed by atoms with Crippen LogP contribution in [0.15, 0.2) is 65.1 Å². The molecular formula is C25H25N2O3+. The molecule has 1 heterocycles. The van der Waals surface area contributed by atoms with Crippen molar-refractivity contribution in [2.45, 2.75) is 6.92 Å². The number of carboxylic acid groups (broad SMARTS) is 1. The van der Waals surface area contributed by atoms with Crippen molar-refractivity contribution < 1.29 is 14.3 Å². The summed E-state index contributed by atoms with van der Waals surface area (Å²) in [7, 11) is 6.00. The molecule has 0 unspecified atom stereocenters. The normalized spacial score (nSPS) is 11.1. The number of aromatic carboxylic acids is 1. The molecule has 1 aliphatic heterocycles. The van der Waals surface area contributed by atoms with Gasteiger partial charge in [0.25, 0.3) is 0 Å². The Morgan fingerprint density at radius 3 is 2.50 bits per heavy atom. The van der Waals surface area contributed by atoms with Gasteiger partial charge >= 0.3 is 5.97 Å². The minimum atomic E-state index is -0.945. The van der Waals surface area contributed by atoms with Crippen molar-refractivity contribution in [2.75, 3.05) is 32.6 Å². The van der Waals surface area contributed by atoms with Crippen LogP contribution in [-0.2, 0) is 0 Å². The summed E-state index contributed by atoms with van der Waals surface area (Å²) in [6.45, 7) is 2.97. The molecule has 152 valence electrons. The van der Waals surface area contributed by atoms with Gasteiger partial charge in [-0.05, 0) is 36.8 Å². The smallest absolute Gasteiger partial charge is 0.336 e. The number of carboxylic acids is 1. The van der Waals surface area contributed by atoms with Crippen molar-refractivity contribution in [1.29, 1.82) is 0 Å². The highest BCUT2D eigenvalue weighted by Gasteiger charge is 2.22. The van der Waals surface area contributed by atoms with Gasteiger partial charge in [-0.15, -0.1) is 0 Å². The fraction of sp³-hybridized carbons (Fsp3) is 0.200. The first-order valence-electron chi connectivity index (χ1n) is 9.95. The van der Waals surface area contributed by atoms with E-state index in [0.29, 0.717) is 5.56 Å². The number of hydrogen-bond donors (Lipinski definition) is 1. The number of rotatable bonds is 4. The molecule has 0 atom stereocenters. The molecule has 0 radical (unpaired) electrons. The average Bonchev–Trinajstić information content (AvgIpc) is 2.75. The first kappa shape index (κ1) is 19.7. The Labute approximate surface area is 175 Å². The predicted octanol–water partition coefficient (Wildman–Crippen LogP) is 4.39. The van der Waals surface area contributed by atoms with E-state index in [9.17, 15) is 9.90 Å². The van der Waals surface area contributed by atoms with Gasteiger partial charge in [0.15, 0.2) is 0 Å². The summed E-state index contributed by atoms with van der Waals surface area (Å²) in [5, 5.41) is 11.7. The lowest BCUT2D eigenvalue weighted by Gasteiger charge is -2.20. The number of carbonyl (C=O) groups is 1. The van der Waals surface area contributed by atoms with Crippen molar-refractivity contribution in [2.24, 2.45) is 0 Å². The Morgan fingerprint density at radius 2 is 1.80 bits per heavy atom. The molecule has 5 nitrogen and oxygen atoms in total. The molecule has 30 heavy (non-hydrogen) atoms. The lowest BCUT2D eigenvalue weighted by atomic mass is 9.90. The van der Waals surface area contributed by atoms with Crippen LogP contribution in [0.2, 0.25) is 0 Å². The standard InChI is InChI=1S/C25H24N2O3/c1-5-27(4)17-11-13-21-23(15-17)30-22-14-16(26(2)3)10-12-20(22)24(21)18-8-6-7-9-19(18)25(28)29/h6-15H,5H2,1-4H3/p+1. The van der Waals surface area contributed by atoms with Crippen LogP contribution in [0.3, 0.4) is 0 Å². The topological polar surface area (TPSA) is 56.7 Å². The van der Waals surface area contributed by atoms with Gasteiger partial charge in [-0.2, -0.15) is 0 Å². The zero-order valence-corrected chi connectivity index (χ0v) is 17.6. The van der Waals surface area contributed by atoms with Crippen molar-refractivity contribution in [3.63, 3.8) is 0 Å². The van der Waals surface area contributed by atoms with Crippen LogP contribution in [0, 0.1) is 0 Å². The highest BCUT2D eigenvalue weighted by molar-refractivity contribution is 6.07. The van der Waals surface area contributed by atoms with E-state index in [-0.39, 0.29) is 5.56 Å².